The molecule has 0 bridgehead atoms. The molecule has 1 fully saturated rings. The molecular weight excluding hydrogens is 320 g/mol. The average Bonchev–Trinajstić information content (AvgIpc) is 3.12. The van der Waals surface area contributed by atoms with E-state index in [0.717, 1.165) is 12.8 Å². The second-order valence-electron chi connectivity index (χ2n) is 7.11. The van der Waals surface area contributed by atoms with E-state index in [9.17, 15) is 4.79 Å². The Bertz CT molecular complexity index is 725. The molecule has 126 valence electrons. The molecule has 1 saturated carbocycles. The summed E-state index contributed by atoms with van der Waals surface area (Å²) < 4.78 is 0. The number of hydrogen-bond acceptors (Lipinski definition) is 4. The SMILES string of the molecule is CC(C)(C)c1ccc(C2(NC(=O)/C=C/Sc3ncn[nH]3)CC2)cc1. The normalized spacial score (nSPS) is 16.3. The molecule has 1 aromatic carbocycles. The molecule has 0 radical (unpaired) electrons. The highest BCUT2D eigenvalue weighted by molar-refractivity contribution is 8.02. The Morgan fingerprint density at radius 2 is 2.00 bits per heavy atom. The van der Waals surface area contributed by atoms with Crippen molar-refractivity contribution in [3.05, 3.63) is 53.2 Å². The maximum atomic E-state index is 12.2. The Kier molecular flexibility index (Phi) is 4.49. The van der Waals surface area contributed by atoms with Crippen molar-refractivity contribution >= 4 is 17.7 Å². The molecule has 0 unspecified atom stereocenters. The fourth-order valence-electron chi connectivity index (χ4n) is 2.59. The molecule has 5 nitrogen and oxygen atoms in total. The van der Waals surface area contributed by atoms with Gasteiger partial charge in [-0.1, -0.05) is 56.8 Å². The standard InChI is InChI=1S/C18H22N4OS/c1-17(2,3)13-4-6-14(7-5-13)18(9-10-18)21-15(23)8-11-24-16-19-12-20-22-16/h4-8,11-12H,9-10H2,1-3H3,(H,21,23)(H,19,20,22)/b11-8+. The van der Waals surface area contributed by atoms with Crippen molar-refractivity contribution in [2.24, 2.45) is 0 Å². The summed E-state index contributed by atoms with van der Waals surface area (Å²) in [5.74, 6) is -0.0839. The van der Waals surface area contributed by atoms with E-state index in [0.29, 0.717) is 5.16 Å². The third kappa shape index (κ3) is 3.87. The van der Waals surface area contributed by atoms with Crippen LogP contribution in [0.5, 0.6) is 0 Å². The number of amides is 1. The minimum Gasteiger partial charge on any atom is -0.343 e. The predicted molar refractivity (Wildman–Crippen MR) is 95.6 cm³/mol. The summed E-state index contributed by atoms with van der Waals surface area (Å²) in [6, 6.07) is 8.61. The van der Waals surface area contributed by atoms with Crippen molar-refractivity contribution in [2.45, 2.75) is 49.7 Å². The van der Waals surface area contributed by atoms with Crippen LogP contribution in [0.15, 0.2) is 47.2 Å². The molecule has 6 heteroatoms. The van der Waals surface area contributed by atoms with Gasteiger partial charge in [-0.3, -0.25) is 9.89 Å². The van der Waals surface area contributed by atoms with Crippen molar-refractivity contribution in [1.82, 2.24) is 20.5 Å². The maximum Gasteiger partial charge on any atom is 0.245 e. The highest BCUT2D eigenvalue weighted by Crippen LogP contribution is 2.45. The summed E-state index contributed by atoms with van der Waals surface area (Å²) in [4.78, 5) is 16.2. The van der Waals surface area contributed by atoms with Gasteiger partial charge in [-0.05, 0) is 34.8 Å². The van der Waals surface area contributed by atoms with Crippen LogP contribution in [0.2, 0.25) is 0 Å². The molecule has 0 spiro atoms. The van der Waals surface area contributed by atoms with Crippen LogP contribution in [0.4, 0.5) is 0 Å². The van der Waals surface area contributed by atoms with Crippen molar-refractivity contribution in [1.29, 1.82) is 0 Å². The van der Waals surface area contributed by atoms with Crippen LogP contribution < -0.4 is 5.32 Å². The smallest absolute Gasteiger partial charge is 0.245 e. The number of rotatable bonds is 5. The van der Waals surface area contributed by atoms with E-state index in [4.69, 9.17) is 0 Å². The number of carbonyl (C=O) groups is 1. The zero-order valence-electron chi connectivity index (χ0n) is 14.2. The summed E-state index contributed by atoms with van der Waals surface area (Å²) in [5.41, 5.74) is 2.42. The van der Waals surface area contributed by atoms with E-state index < -0.39 is 0 Å². The lowest BCUT2D eigenvalue weighted by Gasteiger charge is -2.22. The number of H-pyrrole nitrogens is 1. The Morgan fingerprint density at radius 1 is 1.29 bits per heavy atom. The van der Waals surface area contributed by atoms with E-state index in [1.807, 2.05) is 0 Å². The molecule has 1 heterocycles. The van der Waals surface area contributed by atoms with Crippen LogP contribution >= 0.6 is 11.8 Å². The van der Waals surface area contributed by atoms with Crippen LogP contribution in [0.1, 0.15) is 44.7 Å². The van der Waals surface area contributed by atoms with Crippen LogP contribution in [-0.4, -0.2) is 21.1 Å². The highest BCUT2D eigenvalue weighted by atomic mass is 32.2. The van der Waals surface area contributed by atoms with Crippen molar-refractivity contribution in [3.8, 4) is 0 Å². The van der Waals surface area contributed by atoms with E-state index >= 15 is 0 Å². The molecule has 2 aromatic rings. The lowest BCUT2D eigenvalue weighted by atomic mass is 9.86. The first-order valence-electron chi connectivity index (χ1n) is 8.01. The lowest BCUT2D eigenvalue weighted by molar-refractivity contribution is -0.117. The molecule has 0 aliphatic heterocycles. The molecule has 0 atom stereocenters. The number of aromatic nitrogens is 3. The van der Waals surface area contributed by atoms with E-state index in [2.05, 4.69) is 65.5 Å². The zero-order chi connectivity index (χ0) is 17.2. The van der Waals surface area contributed by atoms with Crippen LogP contribution in [0, 0.1) is 0 Å². The number of benzene rings is 1. The molecular formula is C18H22N4OS. The van der Waals surface area contributed by atoms with E-state index in [1.54, 1.807) is 5.41 Å². The summed E-state index contributed by atoms with van der Waals surface area (Å²) in [7, 11) is 0. The highest BCUT2D eigenvalue weighted by Gasteiger charge is 2.45. The first kappa shape index (κ1) is 16.8. The number of aromatic amines is 1. The van der Waals surface area contributed by atoms with Gasteiger partial charge in [0.15, 0.2) is 5.16 Å². The third-order valence-electron chi connectivity index (χ3n) is 4.21. The molecule has 1 aliphatic carbocycles. The van der Waals surface area contributed by atoms with Gasteiger partial charge in [-0.2, -0.15) is 5.10 Å². The Hall–Kier alpha value is -2.08. The van der Waals surface area contributed by atoms with Gasteiger partial charge >= 0.3 is 0 Å². The minimum absolute atomic E-state index is 0.0839. The molecule has 1 amide bonds. The first-order valence-corrected chi connectivity index (χ1v) is 8.89. The summed E-state index contributed by atoms with van der Waals surface area (Å²) in [6.45, 7) is 6.61. The number of hydrogen-bond donors (Lipinski definition) is 2. The second-order valence-corrected chi connectivity index (χ2v) is 8.00. The average molecular weight is 342 g/mol. The largest absolute Gasteiger partial charge is 0.343 e. The number of nitrogens with zero attached hydrogens (tertiary/aromatic N) is 2. The molecule has 2 N–H and O–H groups in total. The Morgan fingerprint density at radius 3 is 2.54 bits per heavy atom. The molecule has 1 aliphatic rings. The Labute approximate surface area is 146 Å². The molecule has 0 saturated heterocycles. The fraction of sp³-hybridized carbons (Fsp3) is 0.389. The van der Waals surface area contributed by atoms with Crippen LogP contribution in [0.3, 0.4) is 0 Å². The second kappa shape index (κ2) is 6.43. The first-order chi connectivity index (χ1) is 11.4. The molecule has 24 heavy (non-hydrogen) atoms. The van der Waals surface area contributed by atoms with Gasteiger partial charge in [0, 0.05) is 6.08 Å². The number of nitrogens with one attached hydrogen (secondary N) is 2. The summed E-state index contributed by atoms with van der Waals surface area (Å²) in [5, 5.41) is 12.0. The van der Waals surface area contributed by atoms with Crippen LogP contribution in [-0.2, 0) is 15.7 Å². The van der Waals surface area contributed by atoms with Crippen molar-refractivity contribution in [2.75, 3.05) is 0 Å². The van der Waals surface area contributed by atoms with Gasteiger partial charge in [0.05, 0.1) is 5.54 Å². The lowest BCUT2D eigenvalue weighted by Crippen LogP contribution is -2.33. The summed E-state index contributed by atoms with van der Waals surface area (Å²) in [6.07, 6.45) is 4.95. The minimum atomic E-state index is -0.200. The monoisotopic (exact) mass is 342 g/mol. The topological polar surface area (TPSA) is 70.7 Å². The maximum absolute atomic E-state index is 12.2. The van der Waals surface area contributed by atoms with Gasteiger partial charge < -0.3 is 5.32 Å². The van der Waals surface area contributed by atoms with E-state index in [1.165, 1.54) is 35.3 Å². The van der Waals surface area contributed by atoms with Gasteiger partial charge in [-0.15, -0.1) is 0 Å². The number of thioether (sulfide) groups is 1. The number of carbonyl (C=O) groups excluding carboxylic acids is 1. The van der Waals surface area contributed by atoms with Crippen molar-refractivity contribution < 1.29 is 4.79 Å². The van der Waals surface area contributed by atoms with Gasteiger partial charge in [0.25, 0.3) is 0 Å². The molecule has 1 aromatic heterocycles. The van der Waals surface area contributed by atoms with Gasteiger partial charge in [0.1, 0.15) is 6.33 Å². The van der Waals surface area contributed by atoms with Crippen molar-refractivity contribution in [3.63, 3.8) is 0 Å². The zero-order valence-corrected chi connectivity index (χ0v) is 15.0. The third-order valence-corrected chi connectivity index (χ3v) is 4.90. The Balaban J connectivity index is 1.61. The van der Waals surface area contributed by atoms with Crippen LogP contribution in [0.25, 0.3) is 0 Å². The fourth-order valence-corrected chi connectivity index (χ4v) is 3.12. The predicted octanol–water partition coefficient (Wildman–Crippen LogP) is 3.51. The van der Waals surface area contributed by atoms with E-state index in [-0.39, 0.29) is 16.9 Å². The van der Waals surface area contributed by atoms with Gasteiger partial charge in [-0.25, -0.2) is 4.98 Å². The summed E-state index contributed by atoms with van der Waals surface area (Å²) >= 11 is 1.33. The van der Waals surface area contributed by atoms with Gasteiger partial charge in [0.2, 0.25) is 5.91 Å². The quantitative estimate of drug-likeness (QED) is 0.644. The molecule has 3 rings (SSSR count).